The zero-order valence-electron chi connectivity index (χ0n) is 17.2. The number of carbonyl (C=O) groups is 2. The van der Waals surface area contributed by atoms with Gasteiger partial charge in [-0.25, -0.2) is 0 Å². The van der Waals surface area contributed by atoms with Gasteiger partial charge in [-0.1, -0.05) is 0 Å². The Balaban J connectivity index is 1.31. The number of nitrogens with one attached hydrogen (secondary N) is 2. The summed E-state index contributed by atoms with van der Waals surface area (Å²) in [6, 6.07) is 12.9. The third-order valence-corrected chi connectivity index (χ3v) is 5.45. The van der Waals surface area contributed by atoms with Crippen molar-refractivity contribution < 1.29 is 19.1 Å². The molecule has 2 aromatic carbocycles. The molecule has 0 aromatic heterocycles. The van der Waals surface area contributed by atoms with Gasteiger partial charge in [-0.05, 0) is 54.7 Å². The predicted octanol–water partition coefficient (Wildman–Crippen LogP) is 2.25. The molecule has 162 valence electrons. The number of anilines is 2. The SMILES string of the molecule is CC(=O)N1CCN(c2ccc(NC(=S)NC(=O)c3ccc4c(c3)OCCO4)cc2)CC1. The van der Waals surface area contributed by atoms with Crippen LogP contribution in [0.5, 0.6) is 11.5 Å². The fourth-order valence-corrected chi connectivity index (χ4v) is 3.77. The summed E-state index contributed by atoms with van der Waals surface area (Å²) in [6.07, 6.45) is 0. The zero-order valence-corrected chi connectivity index (χ0v) is 18.0. The van der Waals surface area contributed by atoms with Crippen LogP contribution < -0.4 is 25.0 Å². The highest BCUT2D eigenvalue weighted by molar-refractivity contribution is 7.80. The first-order valence-corrected chi connectivity index (χ1v) is 10.5. The Hall–Kier alpha value is -3.33. The molecule has 0 bridgehead atoms. The van der Waals surface area contributed by atoms with Crippen LogP contribution in [0, 0.1) is 0 Å². The van der Waals surface area contributed by atoms with Crippen LogP contribution in [0.3, 0.4) is 0 Å². The molecule has 0 aliphatic carbocycles. The summed E-state index contributed by atoms with van der Waals surface area (Å²) in [4.78, 5) is 28.1. The molecule has 2 aliphatic rings. The molecule has 2 amide bonds. The summed E-state index contributed by atoms with van der Waals surface area (Å²) in [6.45, 7) is 5.62. The molecule has 4 rings (SSSR count). The van der Waals surface area contributed by atoms with Crippen LogP contribution in [0.15, 0.2) is 42.5 Å². The average Bonchev–Trinajstić information content (AvgIpc) is 2.79. The monoisotopic (exact) mass is 440 g/mol. The van der Waals surface area contributed by atoms with Gasteiger partial charge in [-0.15, -0.1) is 0 Å². The van der Waals surface area contributed by atoms with Gasteiger partial charge in [0, 0.05) is 50.0 Å². The fourth-order valence-electron chi connectivity index (χ4n) is 3.56. The molecule has 1 saturated heterocycles. The highest BCUT2D eigenvalue weighted by atomic mass is 32.1. The summed E-state index contributed by atoms with van der Waals surface area (Å²) >= 11 is 5.28. The van der Waals surface area contributed by atoms with Gasteiger partial charge in [0.15, 0.2) is 16.6 Å². The second-order valence-electron chi connectivity index (χ2n) is 7.31. The molecule has 8 nitrogen and oxygen atoms in total. The molecule has 0 saturated carbocycles. The number of amides is 2. The first-order valence-electron chi connectivity index (χ1n) is 10.1. The first-order chi connectivity index (χ1) is 15.0. The topological polar surface area (TPSA) is 83.1 Å². The molecule has 2 N–H and O–H groups in total. The number of hydrogen-bond acceptors (Lipinski definition) is 6. The molecule has 1 fully saturated rings. The van der Waals surface area contributed by atoms with Crippen molar-refractivity contribution in [3.05, 3.63) is 48.0 Å². The van der Waals surface area contributed by atoms with E-state index in [1.165, 1.54) is 0 Å². The number of rotatable bonds is 3. The fraction of sp³-hybridized carbons (Fsp3) is 0.318. The van der Waals surface area contributed by atoms with Crippen LogP contribution in [-0.2, 0) is 4.79 Å². The van der Waals surface area contributed by atoms with Crippen LogP contribution in [0.2, 0.25) is 0 Å². The molecule has 0 unspecified atom stereocenters. The Bertz CT molecular complexity index is 988. The van der Waals surface area contributed by atoms with Crippen LogP contribution in [0.1, 0.15) is 17.3 Å². The third-order valence-electron chi connectivity index (χ3n) is 5.25. The number of fused-ring (bicyclic) bond motifs is 1. The van der Waals surface area contributed by atoms with E-state index in [1.54, 1.807) is 25.1 Å². The molecule has 0 atom stereocenters. The standard InChI is InChI=1S/C22H24N4O4S/c1-15(27)25-8-10-26(11-9-25)18-5-3-17(4-6-18)23-22(31)24-21(28)16-2-7-19-20(14-16)30-13-12-29-19/h2-7,14H,8-13H2,1H3,(H2,23,24,28,31). The van der Waals surface area contributed by atoms with Crippen LogP contribution in [0.25, 0.3) is 0 Å². The highest BCUT2D eigenvalue weighted by Crippen LogP contribution is 2.30. The summed E-state index contributed by atoms with van der Waals surface area (Å²) in [5.74, 6) is 0.976. The molecule has 31 heavy (non-hydrogen) atoms. The summed E-state index contributed by atoms with van der Waals surface area (Å²) in [7, 11) is 0. The molecule has 2 heterocycles. The third kappa shape index (κ3) is 5.05. The Labute approximate surface area is 186 Å². The van der Waals surface area contributed by atoms with Gasteiger partial charge in [-0.3, -0.25) is 14.9 Å². The van der Waals surface area contributed by atoms with E-state index < -0.39 is 0 Å². The van der Waals surface area contributed by atoms with Gasteiger partial charge >= 0.3 is 0 Å². The highest BCUT2D eigenvalue weighted by Gasteiger charge is 2.19. The summed E-state index contributed by atoms with van der Waals surface area (Å²) in [5, 5.41) is 5.92. The predicted molar refractivity (Wildman–Crippen MR) is 122 cm³/mol. The number of ether oxygens (including phenoxy) is 2. The summed E-state index contributed by atoms with van der Waals surface area (Å²) in [5.41, 5.74) is 2.30. The Morgan fingerprint density at radius 2 is 1.61 bits per heavy atom. The maximum Gasteiger partial charge on any atom is 0.257 e. The minimum atomic E-state index is -0.325. The molecule has 2 aliphatic heterocycles. The molecular formula is C22H24N4O4S. The number of piperazine rings is 1. The number of thiocarbonyl (C=S) groups is 1. The second-order valence-corrected chi connectivity index (χ2v) is 7.71. The maximum atomic E-state index is 12.5. The van der Waals surface area contributed by atoms with Gasteiger partial charge in [0.05, 0.1) is 0 Å². The van der Waals surface area contributed by atoms with E-state index in [9.17, 15) is 9.59 Å². The summed E-state index contributed by atoms with van der Waals surface area (Å²) < 4.78 is 11.0. The van der Waals surface area contributed by atoms with Crippen molar-refractivity contribution in [1.29, 1.82) is 0 Å². The molecule has 0 spiro atoms. The van der Waals surface area contributed by atoms with Gasteiger partial charge in [0.2, 0.25) is 5.91 Å². The zero-order chi connectivity index (χ0) is 21.8. The Kier molecular flexibility index (Phi) is 6.22. The number of benzene rings is 2. The lowest BCUT2D eigenvalue weighted by Gasteiger charge is -2.35. The van der Waals surface area contributed by atoms with E-state index in [0.29, 0.717) is 30.3 Å². The lowest BCUT2D eigenvalue weighted by atomic mass is 10.2. The van der Waals surface area contributed by atoms with E-state index in [1.807, 2.05) is 29.2 Å². The molecular weight excluding hydrogens is 416 g/mol. The number of carbonyl (C=O) groups excluding carboxylic acids is 2. The lowest BCUT2D eigenvalue weighted by Crippen LogP contribution is -2.48. The largest absolute Gasteiger partial charge is 0.486 e. The van der Waals surface area contributed by atoms with Crippen molar-refractivity contribution in [2.75, 3.05) is 49.6 Å². The Morgan fingerprint density at radius 3 is 2.29 bits per heavy atom. The van der Waals surface area contributed by atoms with Crippen LogP contribution in [0.4, 0.5) is 11.4 Å². The van der Waals surface area contributed by atoms with Gasteiger partial charge in [0.1, 0.15) is 13.2 Å². The first kappa shape index (κ1) is 20.9. The minimum Gasteiger partial charge on any atom is -0.486 e. The van der Waals surface area contributed by atoms with Crippen molar-refractivity contribution in [2.45, 2.75) is 6.92 Å². The van der Waals surface area contributed by atoms with Crippen molar-refractivity contribution in [3.8, 4) is 11.5 Å². The van der Waals surface area contributed by atoms with Gasteiger partial charge in [-0.2, -0.15) is 0 Å². The van der Waals surface area contributed by atoms with Crippen molar-refractivity contribution in [2.24, 2.45) is 0 Å². The van der Waals surface area contributed by atoms with E-state index in [0.717, 1.165) is 37.6 Å². The normalized spacial score (nSPS) is 15.3. The number of hydrogen-bond donors (Lipinski definition) is 2. The van der Waals surface area contributed by atoms with Crippen molar-refractivity contribution in [1.82, 2.24) is 10.2 Å². The van der Waals surface area contributed by atoms with Crippen LogP contribution >= 0.6 is 12.2 Å². The number of nitrogens with zero attached hydrogens (tertiary/aromatic N) is 2. The van der Waals surface area contributed by atoms with E-state index in [-0.39, 0.29) is 16.9 Å². The lowest BCUT2D eigenvalue weighted by molar-refractivity contribution is -0.129. The van der Waals surface area contributed by atoms with Crippen molar-refractivity contribution in [3.63, 3.8) is 0 Å². The molecule has 0 radical (unpaired) electrons. The second kappa shape index (κ2) is 9.22. The van der Waals surface area contributed by atoms with Crippen molar-refractivity contribution >= 4 is 40.5 Å². The average molecular weight is 441 g/mol. The van der Waals surface area contributed by atoms with E-state index in [2.05, 4.69) is 15.5 Å². The van der Waals surface area contributed by atoms with Crippen LogP contribution in [-0.4, -0.2) is 61.2 Å². The Morgan fingerprint density at radius 1 is 0.935 bits per heavy atom. The minimum absolute atomic E-state index is 0.117. The quantitative estimate of drug-likeness (QED) is 0.709. The smallest absolute Gasteiger partial charge is 0.257 e. The van der Waals surface area contributed by atoms with Gasteiger partial charge < -0.3 is 24.6 Å². The van der Waals surface area contributed by atoms with E-state index >= 15 is 0 Å². The molecule has 2 aromatic rings. The van der Waals surface area contributed by atoms with Gasteiger partial charge in [0.25, 0.3) is 5.91 Å². The molecule has 9 heteroatoms. The maximum absolute atomic E-state index is 12.5. The van der Waals surface area contributed by atoms with E-state index in [4.69, 9.17) is 21.7 Å².